The Morgan fingerprint density at radius 3 is 1.40 bits per heavy atom. The number of carboxylic acid groups (broad SMARTS) is 2. The van der Waals surface area contributed by atoms with Gasteiger partial charge in [-0.1, -0.05) is 12.8 Å². The summed E-state index contributed by atoms with van der Waals surface area (Å²) in [6.45, 7) is 0.920. The second-order valence-electron chi connectivity index (χ2n) is 2.88. The van der Waals surface area contributed by atoms with Gasteiger partial charge in [0.1, 0.15) is 0 Å². The van der Waals surface area contributed by atoms with Gasteiger partial charge in [-0.2, -0.15) is 0 Å². The number of hydrogen-bond acceptors (Lipinski definition) is 2. The SMILES string of the molecule is Cl.O=C(O)NCCCCCCNC(=O)O. The van der Waals surface area contributed by atoms with Crippen LogP contribution in [0.15, 0.2) is 0 Å². The van der Waals surface area contributed by atoms with E-state index in [9.17, 15) is 9.59 Å². The van der Waals surface area contributed by atoms with Crippen LogP contribution in [-0.2, 0) is 0 Å². The number of unbranched alkanes of at least 4 members (excludes halogenated alkanes) is 3. The molecule has 0 unspecified atom stereocenters. The minimum absolute atomic E-state index is 0. The van der Waals surface area contributed by atoms with Crippen LogP contribution in [0.2, 0.25) is 0 Å². The van der Waals surface area contributed by atoms with Crippen molar-refractivity contribution in [3.8, 4) is 0 Å². The van der Waals surface area contributed by atoms with Crippen molar-refractivity contribution < 1.29 is 19.8 Å². The first-order chi connectivity index (χ1) is 6.63. The van der Waals surface area contributed by atoms with E-state index in [0.717, 1.165) is 25.7 Å². The van der Waals surface area contributed by atoms with Crippen molar-refractivity contribution in [1.29, 1.82) is 0 Å². The van der Waals surface area contributed by atoms with Crippen LogP contribution in [0.3, 0.4) is 0 Å². The first-order valence-corrected chi connectivity index (χ1v) is 4.56. The number of nitrogens with one attached hydrogen (secondary N) is 2. The van der Waals surface area contributed by atoms with E-state index < -0.39 is 12.2 Å². The highest BCUT2D eigenvalue weighted by atomic mass is 35.5. The summed E-state index contributed by atoms with van der Waals surface area (Å²) >= 11 is 0. The highest BCUT2D eigenvalue weighted by Gasteiger charge is 1.95. The third-order valence-electron chi connectivity index (χ3n) is 1.66. The summed E-state index contributed by atoms with van der Waals surface area (Å²) < 4.78 is 0. The van der Waals surface area contributed by atoms with Gasteiger partial charge in [0.15, 0.2) is 0 Å². The Balaban J connectivity index is 0. The molecule has 0 aromatic heterocycles. The summed E-state index contributed by atoms with van der Waals surface area (Å²) in [4.78, 5) is 20.0. The van der Waals surface area contributed by atoms with Crippen molar-refractivity contribution in [1.82, 2.24) is 10.6 Å². The molecule has 0 bridgehead atoms. The van der Waals surface area contributed by atoms with E-state index in [2.05, 4.69) is 10.6 Å². The normalized spacial score (nSPS) is 8.80. The lowest BCUT2D eigenvalue weighted by atomic mass is 10.2. The van der Waals surface area contributed by atoms with Gasteiger partial charge in [-0.15, -0.1) is 12.4 Å². The fourth-order valence-corrected chi connectivity index (χ4v) is 0.994. The van der Waals surface area contributed by atoms with Gasteiger partial charge < -0.3 is 20.8 Å². The Labute approximate surface area is 94.5 Å². The highest BCUT2D eigenvalue weighted by Crippen LogP contribution is 1.97. The van der Waals surface area contributed by atoms with E-state index in [-0.39, 0.29) is 12.4 Å². The van der Waals surface area contributed by atoms with Crippen LogP contribution in [0, 0.1) is 0 Å². The maximum absolute atomic E-state index is 10.0. The van der Waals surface area contributed by atoms with Crippen LogP contribution < -0.4 is 10.6 Å². The van der Waals surface area contributed by atoms with Gasteiger partial charge in [0.25, 0.3) is 0 Å². The Bertz CT molecular complexity index is 169. The van der Waals surface area contributed by atoms with Gasteiger partial charge in [-0.25, -0.2) is 9.59 Å². The molecule has 0 heterocycles. The molecule has 0 aliphatic carbocycles. The molecule has 90 valence electrons. The van der Waals surface area contributed by atoms with E-state index in [0.29, 0.717) is 13.1 Å². The largest absolute Gasteiger partial charge is 0.465 e. The topological polar surface area (TPSA) is 98.7 Å². The van der Waals surface area contributed by atoms with Crippen LogP contribution in [0.4, 0.5) is 9.59 Å². The molecule has 0 aliphatic heterocycles. The summed E-state index contributed by atoms with van der Waals surface area (Å²) in [5.41, 5.74) is 0. The monoisotopic (exact) mass is 240 g/mol. The zero-order valence-electron chi connectivity index (χ0n) is 8.36. The number of hydrogen-bond donors (Lipinski definition) is 4. The first kappa shape index (κ1) is 16.3. The maximum Gasteiger partial charge on any atom is 0.404 e. The molecule has 15 heavy (non-hydrogen) atoms. The van der Waals surface area contributed by atoms with Crippen LogP contribution in [0.25, 0.3) is 0 Å². The minimum atomic E-state index is -1.00. The van der Waals surface area contributed by atoms with E-state index in [4.69, 9.17) is 10.2 Å². The number of amides is 2. The molecule has 0 saturated carbocycles. The maximum atomic E-state index is 10.0. The number of rotatable bonds is 7. The molecule has 0 rings (SSSR count). The summed E-state index contributed by atoms with van der Waals surface area (Å²) in [6, 6.07) is 0. The standard InChI is InChI=1S/C8H16N2O4.ClH/c11-7(12)9-5-3-1-2-4-6-10-8(13)14;/h9-10H,1-6H2,(H,11,12)(H,13,14);1H. The molecular weight excluding hydrogens is 224 g/mol. The van der Waals surface area contributed by atoms with E-state index in [1.807, 2.05) is 0 Å². The van der Waals surface area contributed by atoms with Gasteiger partial charge >= 0.3 is 12.2 Å². The molecule has 2 amide bonds. The predicted molar refractivity (Wildman–Crippen MR) is 57.8 cm³/mol. The quantitative estimate of drug-likeness (QED) is 0.507. The fraction of sp³-hybridized carbons (Fsp3) is 0.750. The van der Waals surface area contributed by atoms with Crippen molar-refractivity contribution in [2.24, 2.45) is 0 Å². The molecule has 0 saturated heterocycles. The van der Waals surface area contributed by atoms with Crippen molar-refractivity contribution in [2.45, 2.75) is 25.7 Å². The second-order valence-corrected chi connectivity index (χ2v) is 2.88. The smallest absolute Gasteiger partial charge is 0.404 e. The molecule has 0 atom stereocenters. The summed E-state index contributed by atoms with van der Waals surface area (Å²) in [5, 5.41) is 21.0. The number of halogens is 1. The zero-order chi connectivity index (χ0) is 10.8. The number of carbonyl (C=O) groups is 2. The van der Waals surface area contributed by atoms with Gasteiger partial charge in [0, 0.05) is 13.1 Å². The Morgan fingerprint density at radius 2 is 1.13 bits per heavy atom. The van der Waals surface area contributed by atoms with Crippen molar-refractivity contribution in [3.05, 3.63) is 0 Å². The van der Waals surface area contributed by atoms with Crippen molar-refractivity contribution in [3.63, 3.8) is 0 Å². The lowest BCUT2D eigenvalue weighted by Gasteiger charge is -2.01. The minimum Gasteiger partial charge on any atom is -0.465 e. The molecule has 0 aromatic rings. The van der Waals surface area contributed by atoms with E-state index in [1.165, 1.54) is 0 Å². The highest BCUT2D eigenvalue weighted by molar-refractivity contribution is 5.85. The van der Waals surface area contributed by atoms with Crippen molar-refractivity contribution >= 4 is 24.6 Å². The molecule has 6 nitrogen and oxygen atoms in total. The first-order valence-electron chi connectivity index (χ1n) is 4.56. The Morgan fingerprint density at radius 1 is 0.800 bits per heavy atom. The molecule has 7 heteroatoms. The summed E-state index contributed by atoms with van der Waals surface area (Å²) in [5.74, 6) is 0. The van der Waals surface area contributed by atoms with Gasteiger partial charge in [-0.3, -0.25) is 0 Å². The molecule has 0 radical (unpaired) electrons. The summed E-state index contributed by atoms with van der Waals surface area (Å²) in [6.07, 6.45) is 1.39. The molecule has 0 aliphatic rings. The van der Waals surface area contributed by atoms with Gasteiger partial charge in [0.2, 0.25) is 0 Å². The van der Waals surface area contributed by atoms with Crippen LogP contribution >= 0.6 is 12.4 Å². The van der Waals surface area contributed by atoms with Gasteiger partial charge in [0.05, 0.1) is 0 Å². The molecular formula is C8H17ClN2O4. The predicted octanol–water partition coefficient (Wildman–Crippen LogP) is 1.50. The Hall–Kier alpha value is -1.17. The van der Waals surface area contributed by atoms with E-state index in [1.54, 1.807) is 0 Å². The van der Waals surface area contributed by atoms with Gasteiger partial charge in [-0.05, 0) is 12.8 Å². The average molecular weight is 241 g/mol. The van der Waals surface area contributed by atoms with E-state index >= 15 is 0 Å². The third kappa shape index (κ3) is 15.6. The second kappa shape index (κ2) is 10.9. The lowest BCUT2D eigenvalue weighted by molar-refractivity contribution is 0.192. The molecule has 0 spiro atoms. The fourth-order valence-electron chi connectivity index (χ4n) is 0.994. The van der Waals surface area contributed by atoms with Crippen LogP contribution in [-0.4, -0.2) is 35.5 Å². The Kier molecular flexibility index (Phi) is 11.8. The zero-order valence-corrected chi connectivity index (χ0v) is 9.18. The average Bonchev–Trinajstić information content (AvgIpc) is 2.08. The lowest BCUT2D eigenvalue weighted by Crippen LogP contribution is -2.22. The summed E-state index contributed by atoms with van der Waals surface area (Å²) in [7, 11) is 0. The molecule has 0 fully saturated rings. The van der Waals surface area contributed by atoms with Crippen molar-refractivity contribution in [2.75, 3.05) is 13.1 Å². The molecule has 4 N–H and O–H groups in total. The molecule has 0 aromatic carbocycles. The van der Waals surface area contributed by atoms with Crippen LogP contribution in [0.5, 0.6) is 0 Å². The van der Waals surface area contributed by atoms with Crippen LogP contribution in [0.1, 0.15) is 25.7 Å². The third-order valence-corrected chi connectivity index (χ3v) is 1.66.